The first kappa shape index (κ1) is 21.6. The molecular weight excluding hydrogens is 373 g/mol. The highest BCUT2D eigenvalue weighted by Crippen LogP contribution is 2.33. The Hall–Kier alpha value is -2.68. The van der Waals surface area contributed by atoms with Crippen molar-refractivity contribution in [3.05, 3.63) is 57.5 Å². The summed E-state index contributed by atoms with van der Waals surface area (Å²) in [6.07, 6.45) is -3.40. The number of hydrogen-bond donors (Lipinski definition) is 2. The highest BCUT2D eigenvalue weighted by Gasteiger charge is 2.34. The van der Waals surface area contributed by atoms with Crippen LogP contribution in [0.1, 0.15) is 48.4 Å². The minimum Gasteiger partial charge on any atom is -0.349 e. The van der Waals surface area contributed by atoms with Gasteiger partial charge in [-0.2, -0.15) is 18.3 Å². The van der Waals surface area contributed by atoms with Crippen LogP contribution < -0.4 is 16.5 Å². The number of alkyl halides is 3. The Labute approximate surface area is 160 Å². The van der Waals surface area contributed by atoms with Crippen LogP contribution >= 0.6 is 0 Å². The zero-order chi connectivity index (χ0) is 21.1. The van der Waals surface area contributed by atoms with Gasteiger partial charge in [-0.05, 0) is 31.9 Å². The van der Waals surface area contributed by atoms with Crippen LogP contribution in [-0.4, -0.2) is 27.8 Å². The standard InChI is InChI=1S/C19H23F3N4O2/c1-4-18(23,5-2)11-24-17(28)16-15(27)10-12(3)26(25-16)14-9-7-6-8-13(14)19(20,21)22/h6-10H,4-5,11,23H2,1-3H3,(H,24,28). The average molecular weight is 396 g/mol. The first-order chi connectivity index (χ1) is 13.0. The van der Waals surface area contributed by atoms with E-state index in [-0.39, 0.29) is 17.9 Å². The van der Waals surface area contributed by atoms with Gasteiger partial charge in [-0.3, -0.25) is 9.59 Å². The third-order valence-electron chi connectivity index (χ3n) is 4.77. The van der Waals surface area contributed by atoms with Gasteiger partial charge in [0.2, 0.25) is 5.43 Å². The van der Waals surface area contributed by atoms with E-state index < -0.39 is 34.3 Å². The van der Waals surface area contributed by atoms with E-state index in [4.69, 9.17) is 5.73 Å². The van der Waals surface area contributed by atoms with Crippen molar-refractivity contribution in [2.75, 3.05) is 6.54 Å². The molecule has 2 rings (SSSR count). The van der Waals surface area contributed by atoms with Crippen LogP contribution in [0, 0.1) is 6.92 Å². The topological polar surface area (TPSA) is 90.0 Å². The molecule has 0 radical (unpaired) electrons. The van der Waals surface area contributed by atoms with Crippen LogP contribution in [0.2, 0.25) is 0 Å². The number of aryl methyl sites for hydroxylation is 1. The summed E-state index contributed by atoms with van der Waals surface area (Å²) in [5.74, 6) is -0.778. The summed E-state index contributed by atoms with van der Waals surface area (Å²) in [5.41, 5.74) is 3.32. The zero-order valence-electron chi connectivity index (χ0n) is 15.9. The molecule has 0 aliphatic carbocycles. The molecule has 1 heterocycles. The van der Waals surface area contributed by atoms with Crippen molar-refractivity contribution < 1.29 is 18.0 Å². The van der Waals surface area contributed by atoms with Crippen molar-refractivity contribution in [2.24, 2.45) is 5.73 Å². The third-order valence-corrected chi connectivity index (χ3v) is 4.77. The number of carbonyl (C=O) groups excluding carboxylic acids is 1. The first-order valence-electron chi connectivity index (χ1n) is 8.87. The van der Waals surface area contributed by atoms with Gasteiger partial charge in [0.1, 0.15) is 0 Å². The Balaban J connectivity index is 2.47. The maximum Gasteiger partial charge on any atom is 0.418 e. The third kappa shape index (κ3) is 4.59. The molecule has 28 heavy (non-hydrogen) atoms. The summed E-state index contributed by atoms with van der Waals surface area (Å²) < 4.78 is 41.0. The van der Waals surface area contributed by atoms with Crippen LogP contribution in [0.5, 0.6) is 0 Å². The summed E-state index contributed by atoms with van der Waals surface area (Å²) in [7, 11) is 0. The lowest BCUT2D eigenvalue weighted by Gasteiger charge is -2.26. The number of para-hydroxylation sites is 1. The fourth-order valence-corrected chi connectivity index (χ4v) is 2.69. The van der Waals surface area contributed by atoms with E-state index in [1.54, 1.807) is 0 Å². The quantitative estimate of drug-likeness (QED) is 0.786. The second kappa shape index (κ2) is 8.14. The molecule has 0 fully saturated rings. The maximum atomic E-state index is 13.3. The van der Waals surface area contributed by atoms with E-state index in [1.807, 2.05) is 13.8 Å². The van der Waals surface area contributed by atoms with Gasteiger partial charge in [-0.15, -0.1) is 0 Å². The molecule has 3 N–H and O–H groups in total. The molecule has 0 aliphatic heterocycles. The smallest absolute Gasteiger partial charge is 0.349 e. The molecule has 0 aliphatic rings. The molecule has 0 bridgehead atoms. The normalized spacial score (nSPS) is 12.1. The van der Waals surface area contributed by atoms with E-state index >= 15 is 0 Å². The van der Waals surface area contributed by atoms with Gasteiger partial charge in [0.15, 0.2) is 5.69 Å². The number of halogens is 3. The van der Waals surface area contributed by atoms with Crippen molar-refractivity contribution in [3.63, 3.8) is 0 Å². The summed E-state index contributed by atoms with van der Waals surface area (Å²) in [6.45, 7) is 5.32. The minimum absolute atomic E-state index is 0.118. The van der Waals surface area contributed by atoms with Gasteiger partial charge in [0, 0.05) is 23.8 Å². The lowest BCUT2D eigenvalue weighted by Crippen LogP contribution is -2.50. The van der Waals surface area contributed by atoms with Crippen molar-refractivity contribution in [2.45, 2.75) is 45.3 Å². The van der Waals surface area contributed by atoms with Crippen molar-refractivity contribution in [3.8, 4) is 5.69 Å². The van der Waals surface area contributed by atoms with Gasteiger partial charge in [0.05, 0.1) is 11.3 Å². The predicted molar refractivity (Wildman–Crippen MR) is 99.4 cm³/mol. The number of benzene rings is 1. The predicted octanol–water partition coefficient (Wildman–Crippen LogP) is 2.81. The van der Waals surface area contributed by atoms with Crippen LogP contribution in [0.25, 0.3) is 5.69 Å². The van der Waals surface area contributed by atoms with E-state index in [0.29, 0.717) is 12.8 Å². The Bertz CT molecular complexity index is 918. The number of nitrogens with one attached hydrogen (secondary N) is 1. The second-order valence-electron chi connectivity index (χ2n) is 6.68. The zero-order valence-corrected chi connectivity index (χ0v) is 15.9. The number of nitrogens with two attached hydrogens (primary N) is 1. The summed E-state index contributed by atoms with van der Waals surface area (Å²) in [5, 5.41) is 6.48. The second-order valence-corrected chi connectivity index (χ2v) is 6.68. The van der Waals surface area contributed by atoms with Crippen molar-refractivity contribution >= 4 is 5.91 Å². The summed E-state index contributed by atoms with van der Waals surface area (Å²) in [4.78, 5) is 24.7. The van der Waals surface area contributed by atoms with Crippen molar-refractivity contribution in [1.82, 2.24) is 15.1 Å². The molecule has 152 valence electrons. The van der Waals surface area contributed by atoms with Crippen LogP contribution in [-0.2, 0) is 6.18 Å². The minimum atomic E-state index is -4.61. The molecule has 0 saturated heterocycles. The van der Waals surface area contributed by atoms with Crippen LogP contribution in [0.15, 0.2) is 35.1 Å². The SMILES string of the molecule is CCC(N)(CC)CNC(=O)c1nn(-c2ccccc2C(F)(F)F)c(C)cc1=O. The molecular formula is C19H23F3N4O2. The van der Waals surface area contributed by atoms with Crippen molar-refractivity contribution in [1.29, 1.82) is 0 Å². The largest absolute Gasteiger partial charge is 0.418 e. The number of nitrogens with zero attached hydrogens (tertiary/aromatic N) is 2. The lowest BCUT2D eigenvalue weighted by molar-refractivity contribution is -0.137. The highest BCUT2D eigenvalue weighted by atomic mass is 19.4. The Morgan fingerprint density at radius 2 is 1.82 bits per heavy atom. The summed E-state index contributed by atoms with van der Waals surface area (Å²) >= 11 is 0. The number of aromatic nitrogens is 2. The molecule has 0 unspecified atom stereocenters. The molecule has 1 aromatic carbocycles. The Morgan fingerprint density at radius 3 is 2.39 bits per heavy atom. The highest BCUT2D eigenvalue weighted by molar-refractivity contribution is 5.92. The Morgan fingerprint density at radius 1 is 1.21 bits per heavy atom. The molecule has 0 saturated carbocycles. The van der Waals surface area contributed by atoms with Crippen LogP contribution in [0.3, 0.4) is 0 Å². The molecule has 0 spiro atoms. The number of rotatable bonds is 6. The van der Waals surface area contributed by atoms with E-state index in [9.17, 15) is 22.8 Å². The molecule has 9 heteroatoms. The molecule has 6 nitrogen and oxygen atoms in total. The molecule has 1 aromatic heterocycles. The maximum absolute atomic E-state index is 13.3. The van der Waals surface area contributed by atoms with E-state index in [1.165, 1.54) is 25.1 Å². The Kier molecular flexibility index (Phi) is 6.28. The fourth-order valence-electron chi connectivity index (χ4n) is 2.69. The van der Waals surface area contributed by atoms with Gasteiger partial charge >= 0.3 is 6.18 Å². The first-order valence-corrected chi connectivity index (χ1v) is 8.87. The van der Waals surface area contributed by atoms with Gasteiger partial charge < -0.3 is 11.1 Å². The monoisotopic (exact) mass is 396 g/mol. The number of hydrogen-bond acceptors (Lipinski definition) is 4. The number of amides is 1. The summed E-state index contributed by atoms with van der Waals surface area (Å²) in [6, 6.07) is 5.92. The van der Waals surface area contributed by atoms with Gasteiger partial charge in [-0.25, -0.2) is 4.68 Å². The van der Waals surface area contributed by atoms with E-state index in [0.717, 1.165) is 16.8 Å². The fraction of sp³-hybridized carbons (Fsp3) is 0.421. The lowest BCUT2D eigenvalue weighted by atomic mass is 9.94. The molecule has 2 aromatic rings. The van der Waals surface area contributed by atoms with Crippen LogP contribution in [0.4, 0.5) is 13.2 Å². The van der Waals surface area contributed by atoms with E-state index in [2.05, 4.69) is 10.4 Å². The molecule has 0 atom stereocenters. The van der Waals surface area contributed by atoms with Gasteiger partial charge in [0.25, 0.3) is 5.91 Å². The average Bonchev–Trinajstić information content (AvgIpc) is 2.65. The van der Waals surface area contributed by atoms with Gasteiger partial charge in [-0.1, -0.05) is 26.0 Å². The molecule has 1 amide bonds. The number of carbonyl (C=O) groups is 1.